The summed E-state index contributed by atoms with van der Waals surface area (Å²) in [6.07, 6.45) is 0.536. The van der Waals surface area contributed by atoms with Gasteiger partial charge < -0.3 is 14.4 Å². The maximum Gasteiger partial charge on any atom is 0.343 e. The fraction of sp³-hybridized carbons (Fsp3) is 0.172. The van der Waals surface area contributed by atoms with Crippen molar-refractivity contribution in [1.29, 1.82) is 0 Å². The maximum absolute atomic E-state index is 12.8. The zero-order chi connectivity index (χ0) is 29.1. The third-order valence-corrected chi connectivity index (χ3v) is 6.05. The minimum absolute atomic E-state index is 0.0698. The van der Waals surface area contributed by atoms with Gasteiger partial charge in [0.15, 0.2) is 6.29 Å². The molecular formula is C29H25N3O8. The van der Waals surface area contributed by atoms with Gasteiger partial charge in [-0.3, -0.25) is 19.2 Å². The first-order chi connectivity index (χ1) is 19.0. The normalized spacial score (nSPS) is 12.2. The lowest BCUT2D eigenvalue weighted by Crippen LogP contribution is -2.42. The average molecular weight is 544 g/mol. The van der Waals surface area contributed by atoms with E-state index in [1.54, 1.807) is 13.8 Å². The van der Waals surface area contributed by atoms with Crippen molar-refractivity contribution < 1.29 is 38.2 Å². The number of carbonyl (C=O) groups is 6. The van der Waals surface area contributed by atoms with E-state index in [0.717, 1.165) is 5.01 Å². The predicted molar refractivity (Wildman–Crippen MR) is 142 cm³/mol. The molecule has 40 heavy (non-hydrogen) atoms. The molecule has 0 bridgehead atoms. The Morgan fingerprint density at radius 2 is 1.52 bits per heavy atom. The Bertz CT molecular complexity index is 1580. The van der Waals surface area contributed by atoms with E-state index >= 15 is 0 Å². The number of rotatable bonds is 8. The van der Waals surface area contributed by atoms with Crippen LogP contribution in [0.25, 0.3) is 0 Å². The van der Waals surface area contributed by atoms with Gasteiger partial charge in [-0.1, -0.05) is 13.0 Å². The predicted octanol–water partition coefficient (Wildman–Crippen LogP) is 3.07. The minimum atomic E-state index is -0.748. The molecule has 3 aromatic rings. The van der Waals surface area contributed by atoms with E-state index < -0.39 is 29.7 Å². The first-order valence-corrected chi connectivity index (χ1v) is 12.2. The molecule has 0 radical (unpaired) electrons. The van der Waals surface area contributed by atoms with E-state index in [1.807, 2.05) is 0 Å². The molecule has 3 amide bonds. The number of hydrazine groups is 1. The molecule has 204 valence electrons. The van der Waals surface area contributed by atoms with Gasteiger partial charge in [0.25, 0.3) is 17.7 Å². The quantitative estimate of drug-likeness (QED) is 0.196. The summed E-state index contributed by atoms with van der Waals surface area (Å²) in [4.78, 5) is 75.5. The van der Waals surface area contributed by atoms with Crippen molar-refractivity contribution >= 4 is 35.9 Å². The topological polar surface area (TPSA) is 139 Å². The Hall–Kier alpha value is -5.16. The number of nitrogens with one attached hydrogen (secondary N) is 1. The van der Waals surface area contributed by atoms with Crippen LogP contribution in [0.5, 0.6) is 11.5 Å². The third kappa shape index (κ3) is 5.36. The maximum atomic E-state index is 12.8. The van der Waals surface area contributed by atoms with E-state index in [2.05, 4.69) is 5.43 Å². The summed E-state index contributed by atoms with van der Waals surface area (Å²) in [5.41, 5.74) is 3.80. The SMILES string of the molecule is CCNN1C(=O)c2ccc(C(=O)Oc3ccc(OC(=O)c4ccc(C=O)c(C(=O)N(C)C)c4)c(C)c3)cc2C1=O. The summed E-state index contributed by atoms with van der Waals surface area (Å²) in [5, 5.41) is 0.903. The Morgan fingerprint density at radius 1 is 0.875 bits per heavy atom. The zero-order valence-electron chi connectivity index (χ0n) is 22.1. The minimum Gasteiger partial charge on any atom is -0.423 e. The highest BCUT2D eigenvalue weighted by molar-refractivity contribution is 6.21. The summed E-state index contributed by atoms with van der Waals surface area (Å²) in [7, 11) is 3.06. The zero-order valence-corrected chi connectivity index (χ0v) is 22.1. The van der Waals surface area contributed by atoms with Gasteiger partial charge in [0.2, 0.25) is 0 Å². The van der Waals surface area contributed by atoms with Crippen LogP contribution in [0.2, 0.25) is 0 Å². The summed E-state index contributed by atoms with van der Waals surface area (Å²) in [6.45, 7) is 3.76. The molecule has 1 aliphatic rings. The fourth-order valence-electron chi connectivity index (χ4n) is 4.01. The molecule has 0 spiro atoms. The number of amides is 3. The number of nitrogens with zero attached hydrogens (tertiary/aromatic N) is 2. The van der Waals surface area contributed by atoms with Crippen molar-refractivity contribution in [3.8, 4) is 11.5 Å². The van der Waals surface area contributed by atoms with E-state index in [1.165, 1.54) is 73.6 Å². The van der Waals surface area contributed by atoms with Crippen LogP contribution in [-0.2, 0) is 0 Å². The highest BCUT2D eigenvalue weighted by atomic mass is 16.5. The summed E-state index contributed by atoms with van der Waals surface area (Å²) >= 11 is 0. The summed E-state index contributed by atoms with van der Waals surface area (Å²) in [5.74, 6) is -2.64. The number of ether oxygens (including phenoxy) is 2. The Balaban J connectivity index is 1.48. The summed E-state index contributed by atoms with van der Waals surface area (Å²) in [6, 6.07) is 12.5. The Morgan fingerprint density at radius 3 is 2.17 bits per heavy atom. The molecule has 1 aliphatic heterocycles. The number of esters is 2. The first-order valence-electron chi connectivity index (χ1n) is 12.2. The van der Waals surface area contributed by atoms with Crippen molar-refractivity contribution in [3.05, 3.63) is 93.5 Å². The van der Waals surface area contributed by atoms with Crippen molar-refractivity contribution in [2.24, 2.45) is 0 Å². The van der Waals surface area contributed by atoms with Gasteiger partial charge in [-0.2, -0.15) is 0 Å². The molecule has 0 aliphatic carbocycles. The number of aryl methyl sites for hydroxylation is 1. The molecule has 0 unspecified atom stereocenters. The molecule has 11 heteroatoms. The number of fused-ring (bicyclic) bond motifs is 1. The third-order valence-electron chi connectivity index (χ3n) is 6.05. The second-order valence-corrected chi connectivity index (χ2v) is 9.04. The van der Waals surface area contributed by atoms with E-state index in [9.17, 15) is 28.8 Å². The van der Waals surface area contributed by atoms with Crippen LogP contribution in [0.4, 0.5) is 0 Å². The highest BCUT2D eigenvalue weighted by Crippen LogP contribution is 2.27. The van der Waals surface area contributed by atoms with Crippen LogP contribution in [0.3, 0.4) is 0 Å². The number of aldehydes is 1. The van der Waals surface area contributed by atoms with Gasteiger partial charge in [0.05, 0.1) is 27.8 Å². The van der Waals surface area contributed by atoms with Crippen molar-refractivity contribution in [3.63, 3.8) is 0 Å². The molecule has 0 atom stereocenters. The lowest BCUT2D eigenvalue weighted by atomic mass is 10.0. The first kappa shape index (κ1) is 27.9. The van der Waals surface area contributed by atoms with Gasteiger partial charge in [0, 0.05) is 26.2 Å². The molecule has 1 N–H and O–H groups in total. The van der Waals surface area contributed by atoms with Gasteiger partial charge in [0.1, 0.15) is 11.5 Å². The van der Waals surface area contributed by atoms with E-state index in [0.29, 0.717) is 18.4 Å². The molecular weight excluding hydrogens is 518 g/mol. The van der Waals surface area contributed by atoms with Crippen LogP contribution in [-0.4, -0.2) is 66.5 Å². The highest BCUT2D eigenvalue weighted by Gasteiger charge is 2.36. The van der Waals surface area contributed by atoms with E-state index in [4.69, 9.17) is 9.47 Å². The van der Waals surface area contributed by atoms with Gasteiger partial charge in [-0.05, 0) is 61.0 Å². The van der Waals surface area contributed by atoms with Gasteiger partial charge >= 0.3 is 11.9 Å². The second kappa shape index (κ2) is 11.3. The number of imide groups is 1. The Kier molecular flexibility index (Phi) is 7.87. The largest absolute Gasteiger partial charge is 0.423 e. The molecule has 0 fully saturated rings. The van der Waals surface area contributed by atoms with Crippen LogP contribution in [0.15, 0.2) is 54.6 Å². The molecule has 3 aromatic carbocycles. The second-order valence-electron chi connectivity index (χ2n) is 9.04. The smallest absolute Gasteiger partial charge is 0.343 e. The molecule has 0 aromatic heterocycles. The Labute approximate surface area is 229 Å². The molecule has 0 saturated carbocycles. The number of hydrogen-bond acceptors (Lipinski definition) is 9. The van der Waals surface area contributed by atoms with Gasteiger partial charge in [-0.25, -0.2) is 20.0 Å². The van der Waals surface area contributed by atoms with Crippen LogP contribution in [0, 0.1) is 6.92 Å². The molecule has 1 heterocycles. The van der Waals surface area contributed by atoms with E-state index in [-0.39, 0.29) is 44.9 Å². The fourth-order valence-corrected chi connectivity index (χ4v) is 4.01. The monoisotopic (exact) mass is 543 g/mol. The van der Waals surface area contributed by atoms with Crippen molar-refractivity contribution in [1.82, 2.24) is 15.3 Å². The van der Waals surface area contributed by atoms with Crippen LogP contribution in [0.1, 0.15) is 74.6 Å². The molecule has 4 rings (SSSR count). The van der Waals surface area contributed by atoms with Crippen molar-refractivity contribution in [2.75, 3.05) is 20.6 Å². The summed E-state index contributed by atoms with van der Waals surface area (Å²) < 4.78 is 10.9. The number of benzene rings is 3. The molecule has 11 nitrogen and oxygen atoms in total. The molecule has 0 saturated heterocycles. The lowest BCUT2D eigenvalue weighted by molar-refractivity contribution is 0.0569. The standard InChI is InChI=1S/C29H25N3O8/c1-5-30-32-26(35)21-10-8-18(14-23(21)27(32)36)28(37)39-20-9-11-24(16(2)12-20)40-29(38)17-6-7-19(15-33)22(13-17)25(34)31(3)4/h6-15,30H,5H2,1-4H3. The lowest BCUT2D eigenvalue weighted by Gasteiger charge is -2.13. The number of hydrogen-bond donors (Lipinski definition) is 1. The van der Waals surface area contributed by atoms with Crippen molar-refractivity contribution in [2.45, 2.75) is 13.8 Å². The average Bonchev–Trinajstić information content (AvgIpc) is 3.18. The van der Waals surface area contributed by atoms with Gasteiger partial charge in [-0.15, -0.1) is 0 Å². The van der Waals surface area contributed by atoms with Crippen LogP contribution < -0.4 is 14.9 Å². The number of carbonyl (C=O) groups excluding carboxylic acids is 6. The van der Waals surface area contributed by atoms with Crippen LogP contribution >= 0.6 is 0 Å².